The Hall–Kier alpha value is -3.35. The van der Waals surface area contributed by atoms with E-state index in [0.717, 1.165) is 5.69 Å². The smallest absolute Gasteiger partial charge is 0.336 e. The SMILES string of the molecule is O=C(O)c1ccccc1C(=O)NC1CCN(C(=O)Nc2ccccc2)CC1. The van der Waals surface area contributed by atoms with Gasteiger partial charge in [-0.3, -0.25) is 4.79 Å². The topological polar surface area (TPSA) is 98.7 Å². The molecule has 0 aromatic heterocycles. The molecule has 3 rings (SSSR count). The van der Waals surface area contributed by atoms with Crippen LogP contribution in [0.5, 0.6) is 0 Å². The van der Waals surface area contributed by atoms with Crippen molar-refractivity contribution in [1.82, 2.24) is 10.2 Å². The second kappa shape index (κ2) is 8.35. The second-order valence-corrected chi connectivity index (χ2v) is 6.38. The van der Waals surface area contributed by atoms with Gasteiger partial charge in [0, 0.05) is 24.8 Å². The van der Waals surface area contributed by atoms with Gasteiger partial charge in [-0.25, -0.2) is 9.59 Å². The number of hydrogen-bond acceptors (Lipinski definition) is 3. The van der Waals surface area contributed by atoms with Gasteiger partial charge in [-0.2, -0.15) is 0 Å². The van der Waals surface area contributed by atoms with E-state index in [2.05, 4.69) is 10.6 Å². The van der Waals surface area contributed by atoms with E-state index in [1.54, 1.807) is 17.0 Å². The summed E-state index contributed by atoms with van der Waals surface area (Å²) in [4.78, 5) is 37.7. The summed E-state index contributed by atoms with van der Waals surface area (Å²) in [6, 6.07) is 15.1. The monoisotopic (exact) mass is 367 g/mol. The lowest BCUT2D eigenvalue weighted by atomic mass is 10.0. The number of aromatic carboxylic acids is 1. The number of amides is 3. The maximum Gasteiger partial charge on any atom is 0.336 e. The van der Waals surface area contributed by atoms with Crippen molar-refractivity contribution < 1.29 is 19.5 Å². The number of carbonyl (C=O) groups is 3. The number of hydrogen-bond donors (Lipinski definition) is 3. The second-order valence-electron chi connectivity index (χ2n) is 6.38. The minimum absolute atomic E-state index is 0.0188. The average molecular weight is 367 g/mol. The molecular formula is C20H21N3O4. The van der Waals surface area contributed by atoms with E-state index in [-0.39, 0.29) is 23.2 Å². The molecule has 3 N–H and O–H groups in total. The van der Waals surface area contributed by atoms with E-state index < -0.39 is 11.9 Å². The van der Waals surface area contributed by atoms with Crippen molar-refractivity contribution in [3.05, 3.63) is 65.7 Å². The lowest BCUT2D eigenvalue weighted by molar-refractivity contribution is 0.0689. The van der Waals surface area contributed by atoms with E-state index in [4.69, 9.17) is 0 Å². The fourth-order valence-corrected chi connectivity index (χ4v) is 3.08. The number of likely N-dealkylation sites (tertiary alicyclic amines) is 1. The predicted octanol–water partition coefficient (Wildman–Crippen LogP) is 2.81. The van der Waals surface area contributed by atoms with E-state index in [1.165, 1.54) is 12.1 Å². The number of rotatable bonds is 4. The summed E-state index contributed by atoms with van der Waals surface area (Å²) in [5.74, 6) is -1.53. The Bertz CT molecular complexity index is 830. The van der Waals surface area contributed by atoms with Gasteiger partial charge in [-0.1, -0.05) is 30.3 Å². The van der Waals surface area contributed by atoms with Crippen molar-refractivity contribution in [2.45, 2.75) is 18.9 Å². The lowest BCUT2D eigenvalue weighted by Gasteiger charge is -2.32. The van der Waals surface area contributed by atoms with Crippen LogP contribution in [0.4, 0.5) is 10.5 Å². The predicted molar refractivity (Wildman–Crippen MR) is 101 cm³/mol. The van der Waals surface area contributed by atoms with E-state index in [1.807, 2.05) is 30.3 Å². The summed E-state index contributed by atoms with van der Waals surface area (Å²) >= 11 is 0. The average Bonchev–Trinajstić information content (AvgIpc) is 2.69. The Kier molecular flexibility index (Phi) is 5.71. The molecule has 1 fully saturated rings. The molecule has 140 valence electrons. The molecular weight excluding hydrogens is 346 g/mol. The summed E-state index contributed by atoms with van der Waals surface area (Å²) in [7, 11) is 0. The van der Waals surface area contributed by atoms with E-state index in [0.29, 0.717) is 25.9 Å². The van der Waals surface area contributed by atoms with Gasteiger partial charge >= 0.3 is 12.0 Å². The van der Waals surface area contributed by atoms with Crippen LogP contribution in [0.25, 0.3) is 0 Å². The Morgan fingerprint density at radius 2 is 1.48 bits per heavy atom. The Morgan fingerprint density at radius 3 is 2.11 bits per heavy atom. The maximum atomic E-state index is 12.4. The molecule has 0 saturated carbocycles. The first-order valence-corrected chi connectivity index (χ1v) is 8.79. The summed E-state index contributed by atoms with van der Waals surface area (Å²) in [6.07, 6.45) is 1.23. The molecule has 1 saturated heterocycles. The van der Waals surface area contributed by atoms with E-state index in [9.17, 15) is 19.5 Å². The molecule has 7 heteroatoms. The number of carboxylic acids is 1. The first-order valence-electron chi connectivity index (χ1n) is 8.79. The van der Waals surface area contributed by atoms with Gasteiger partial charge in [0.05, 0.1) is 11.1 Å². The molecule has 0 bridgehead atoms. The van der Waals surface area contributed by atoms with Gasteiger partial charge in [-0.05, 0) is 37.1 Å². The van der Waals surface area contributed by atoms with Crippen LogP contribution in [-0.2, 0) is 0 Å². The zero-order valence-electron chi connectivity index (χ0n) is 14.7. The number of nitrogens with one attached hydrogen (secondary N) is 2. The molecule has 1 aliphatic rings. The van der Waals surface area contributed by atoms with Crippen molar-refractivity contribution in [3.63, 3.8) is 0 Å². The van der Waals surface area contributed by atoms with Crippen molar-refractivity contribution >= 4 is 23.6 Å². The summed E-state index contributed by atoms with van der Waals surface area (Å²) in [6.45, 7) is 1.04. The molecule has 2 aromatic rings. The van der Waals surface area contributed by atoms with Crippen LogP contribution in [-0.4, -0.2) is 47.0 Å². The minimum Gasteiger partial charge on any atom is -0.478 e. The molecule has 27 heavy (non-hydrogen) atoms. The molecule has 0 unspecified atom stereocenters. The van der Waals surface area contributed by atoms with Crippen LogP contribution >= 0.6 is 0 Å². The highest BCUT2D eigenvalue weighted by molar-refractivity contribution is 6.04. The number of benzene rings is 2. The fraction of sp³-hybridized carbons (Fsp3) is 0.250. The number of carboxylic acid groups (broad SMARTS) is 1. The Morgan fingerprint density at radius 1 is 0.889 bits per heavy atom. The molecule has 0 atom stereocenters. The van der Waals surface area contributed by atoms with Crippen LogP contribution in [0.15, 0.2) is 54.6 Å². The highest BCUT2D eigenvalue weighted by Gasteiger charge is 2.25. The van der Waals surface area contributed by atoms with Gasteiger partial charge in [-0.15, -0.1) is 0 Å². The summed E-state index contributed by atoms with van der Waals surface area (Å²) < 4.78 is 0. The number of carbonyl (C=O) groups excluding carboxylic acids is 2. The van der Waals surface area contributed by atoms with Crippen LogP contribution in [0.1, 0.15) is 33.6 Å². The van der Waals surface area contributed by atoms with Gasteiger partial charge < -0.3 is 20.6 Å². The number of piperidine rings is 1. The zero-order chi connectivity index (χ0) is 19.2. The van der Waals surface area contributed by atoms with Crippen LogP contribution in [0, 0.1) is 0 Å². The first kappa shape index (κ1) is 18.4. The summed E-state index contributed by atoms with van der Waals surface area (Å²) in [5, 5.41) is 14.9. The first-order chi connectivity index (χ1) is 13.0. The molecule has 0 spiro atoms. The van der Waals surface area contributed by atoms with Crippen molar-refractivity contribution in [1.29, 1.82) is 0 Å². The largest absolute Gasteiger partial charge is 0.478 e. The molecule has 0 aliphatic carbocycles. The van der Waals surface area contributed by atoms with Crippen LogP contribution in [0.3, 0.4) is 0 Å². The third-order valence-corrected chi connectivity index (χ3v) is 4.54. The molecule has 2 aromatic carbocycles. The minimum atomic E-state index is -1.13. The van der Waals surface area contributed by atoms with Crippen LogP contribution < -0.4 is 10.6 Å². The third kappa shape index (κ3) is 4.63. The van der Waals surface area contributed by atoms with Gasteiger partial charge in [0.25, 0.3) is 5.91 Å². The van der Waals surface area contributed by atoms with Crippen LogP contribution in [0.2, 0.25) is 0 Å². The molecule has 1 aliphatic heterocycles. The maximum absolute atomic E-state index is 12.4. The standard InChI is InChI=1S/C20H21N3O4/c24-18(16-8-4-5-9-17(16)19(25)26)21-15-10-12-23(13-11-15)20(27)22-14-6-2-1-3-7-14/h1-9,15H,10-13H2,(H,21,24)(H,22,27)(H,25,26). The Balaban J connectivity index is 1.53. The summed E-state index contributed by atoms with van der Waals surface area (Å²) in [5.41, 5.74) is 0.868. The van der Waals surface area contributed by atoms with Gasteiger partial charge in [0.2, 0.25) is 0 Å². The normalized spacial score (nSPS) is 14.4. The number of nitrogens with zero attached hydrogens (tertiary/aromatic N) is 1. The quantitative estimate of drug-likeness (QED) is 0.774. The highest BCUT2D eigenvalue weighted by Crippen LogP contribution is 2.15. The molecule has 7 nitrogen and oxygen atoms in total. The number of anilines is 1. The van der Waals surface area contributed by atoms with Crippen molar-refractivity contribution in [2.24, 2.45) is 0 Å². The molecule has 3 amide bonds. The zero-order valence-corrected chi connectivity index (χ0v) is 14.7. The molecule has 1 heterocycles. The van der Waals surface area contributed by atoms with E-state index >= 15 is 0 Å². The highest BCUT2D eigenvalue weighted by atomic mass is 16.4. The molecule has 0 radical (unpaired) electrons. The van der Waals surface area contributed by atoms with Crippen molar-refractivity contribution in [2.75, 3.05) is 18.4 Å². The van der Waals surface area contributed by atoms with Crippen molar-refractivity contribution in [3.8, 4) is 0 Å². The Labute approximate surface area is 157 Å². The third-order valence-electron chi connectivity index (χ3n) is 4.54. The fourth-order valence-electron chi connectivity index (χ4n) is 3.08. The number of para-hydroxylation sites is 1. The van der Waals surface area contributed by atoms with Gasteiger partial charge in [0.1, 0.15) is 0 Å². The number of urea groups is 1. The van der Waals surface area contributed by atoms with Gasteiger partial charge in [0.15, 0.2) is 0 Å². The lowest BCUT2D eigenvalue weighted by Crippen LogP contribution is -2.47.